The molecular weight excluding hydrogens is 313 g/mol. The first-order valence-electron chi connectivity index (χ1n) is 7.06. The maximum Gasteiger partial charge on any atom is 0.338 e. The second kappa shape index (κ2) is 6.07. The molecule has 8 heteroatoms. The molecule has 0 aliphatic heterocycles. The number of halogens is 1. The number of carboxylic acid groups (broad SMARTS) is 1. The van der Waals surface area contributed by atoms with Crippen molar-refractivity contribution in [2.75, 3.05) is 5.32 Å². The normalized spacial score (nSPS) is 10.6. The molecule has 0 atom stereocenters. The van der Waals surface area contributed by atoms with E-state index in [9.17, 15) is 9.18 Å². The highest BCUT2D eigenvalue weighted by molar-refractivity contribution is 5.88. The lowest BCUT2D eigenvalue weighted by atomic mass is 10.1. The molecule has 0 radical (unpaired) electrons. The van der Waals surface area contributed by atoms with Crippen molar-refractivity contribution in [3.8, 4) is 11.3 Å². The molecule has 0 fully saturated rings. The van der Waals surface area contributed by atoms with Crippen LogP contribution in [0.15, 0.2) is 36.8 Å². The highest BCUT2D eigenvalue weighted by atomic mass is 19.1. The van der Waals surface area contributed by atoms with Crippen LogP contribution in [0.1, 0.15) is 15.9 Å². The Bertz CT molecular complexity index is 923. The van der Waals surface area contributed by atoms with Crippen molar-refractivity contribution in [1.82, 2.24) is 19.7 Å². The minimum absolute atomic E-state index is 0.339. The number of rotatable bonds is 4. The number of nitrogens with zero attached hydrogens (tertiary/aromatic N) is 4. The fourth-order valence-electron chi connectivity index (χ4n) is 2.25. The third kappa shape index (κ3) is 3.07. The van der Waals surface area contributed by atoms with E-state index in [1.165, 1.54) is 12.1 Å². The number of carbonyl (C=O) groups is 1. The summed E-state index contributed by atoms with van der Waals surface area (Å²) in [6, 6.07) is 3.91. The van der Waals surface area contributed by atoms with Crippen LogP contribution >= 0.6 is 0 Å². The molecule has 7 nitrogen and oxygen atoms in total. The predicted octanol–water partition coefficient (Wildman–Crippen LogP) is 2.77. The molecule has 122 valence electrons. The van der Waals surface area contributed by atoms with Crippen LogP contribution in [0.4, 0.5) is 16.0 Å². The molecule has 2 aromatic heterocycles. The van der Waals surface area contributed by atoms with E-state index in [1.807, 2.05) is 0 Å². The maximum atomic E-state index is 13.9. The molecule has 0 spiro atoms. The topological polar surface area (TPSA) is 92.9 Å². The molecule has 0 unspecified atom stereocenters. The molecular formula is C16H14FN5O2. The van der Waals surface area contributed by atoms with Crippen molar-refractivity contribution < 1.29 is 14.3 Å². The Labute approximate surface area is 136 Å². The van der Waals surface area contributed by atoms with Gasteiger partial charge in [0.05, 0.1) is 23.1 Å². The second-order valence-corrected chi connectivity index (χ2v) is 5.25. The van der Waals surface area contributed by atoms with E-state index in [2.05, 4.69) is 20.4 Å². The van der Waals surface area contributed by atoms with E-state index in [-0.39, 0.29) is 5.56 Å². The van der Waals surface area contributed by atoms with E-state index in [1.54, 1.807) is 37.2 Å². The summed E-state index contributed by atoms with van der Waals surface area (Å²) in [5, 5.41) is 16.0. The quantitative estimate of drug-likeness (QED) is 0.765. The van der Waals surface area contributed by atoms with Crippen LogP contribution in [0.25, 0.3) is 11.3 Å². The summed E-state index contributed by atoms with van der Waals surface area (Å²) in [6.07, 6.45) is 5.01. The highest BCUT2D eigenvalue weighted by Crippen LogP contribution is 2.25. The predicted molar refractivity (Wildman–Crippen MR) is 85.6 cm³/mol. The molecule has 3 rings (SSSR count). The molecule has 0 aliphatic carbocycles. The van der Waals surface area contributed by atoms with Crippen LogP contribution in [0.5, 0.6) is 0 Å². The van der Waals surface area contributed by atoms with Gasteiger partial charge in [-0.3, -0.25) is 4.68 Å². The number of hydrogen-bond acceptors (Lipinski definition) is 5. The summed E-state index contributed by atoms with van der Waals surface area (Å²) in [6.45, 7) is 1.80. The van der Waals surface area contributed by atoms with Gasteiger partial charge in [-0.2, -0.15) is 5.10 Å². The molecule has 0 amide bonds. The fourth-order valence-corrected chi connectivity index (χ4v) is 2.25. The molecule has 0 saturated heterocycles. The Balaban J connectivity index is 1.97. The van der Waals surface area contributed by atoms with E-state index >= 15 is 0 Å². The van der Waals surface area contributed by atoms with Crippen LogP contribution in [0, 0.1) is 12.7 Å². The Morgan fingerprint density at radius 3 is 2.75 bits per heavy atom. The number of aryl methyl sites for hydroxylation is 2. The molecule has 0 aliphatic rings. The van der Waals surface area contributed by atoms with Gasteiger partial charge in [-0.25, -0.2) is 19.2 Å². The second-order valence-electron chi connectivity index (χ2n) is 5.25. The Hall–Kier alpha value is -3.29. The number of carboxylic acids is 1. The zero-order chi connectivity index (χ0) is 17.3. The van der Waals surface area contributed by atoms with Crippen molar-refractivity contribution >= 4 is 17.6 Å². The van der Waals surface area contributed by atoms with E-state index in [0.717, 1.165) is 17.3 Å². The van der Waals surface area contributed by atoms with Gasteiger partial charge >= 0.3 is 5.97 Å². The highest BCUT2D eigenvalue weighted by Gasteiger charge is 2.14. The SMILES string of the molecule is Cc1cnc(Nc2cnn(C)c2)nc1-c1ccc(C(=O)O)c(F)c1. The third-order valence-corrected chi connectivity index (χ3v) is 3.41. The van der Waals surface area contributed by atoms with Gasteiger partial charge in [-0.05, 0) is 24.6 Å². The largest absolute Gasteiger partial charge is 0.478 e. The third-order valence-electron chi connectivity index (χ3n) is 3.41. The molecule has 2 N–H and O–H groups in total. The molecule has 3 aromatic rings. The number of anilines is 2. The summed E-state index contributed by atoms with van der Waals surface area (Å²) >= 11 is 0. The summed E-state index contributed by atoms with van der Waals surface area (Å²) in [4.78, 5) is 19.5. The summed E-state index contributed by atoms with van der Waals surface area (Å²) < 4.78 is 15.6. The van der Waals surface area contributed by atoms with E-state index in [4.69, 9.17) is 5.11 Å². The van der Waals surface area contributed by atoms with Crippen molar-refractivity contribution in [2.45, 2.75) is 6.92 Å². The molecule has 2 heterocycles. The molecule has 24 heavy (non-hydrogen) atoms. The van der Waals surface area contributed by atoms with Gasteiger partial charge in [0, 0.05) is 25.0 Å². The lowest BCUT2D eigenvalue weighted by Gasteiger charge is -2.09. The van der Waals surface area contributed by atoms with Gasteiger partial charge in [0.25, 0.3) is 0 Å². The number of nitrogens with one attached hydrogen (secondary N) is 1. The van der Waals surface area contributed by atoms with Crippen LogP contribution in [0.3, 0.4) is 0 Å². The number of aromatic nitrogens is 4. The summed E-state index contributed by atoms with van der Waals surface area (Å²) in [5.41, 5.74) is 2.09. The lowest BCUT2D eigenvalue weighted by molar-refractivity contribution is 0.0692. The van der Waals surface area contributed by atoms with Crippen molar-refractivity contribution in [1.29, 1.82) is 0 Å². The molecule has 1 aromatic carbocycles. The Morgan fingerprint density at radius 2 is 2.12 bits per heavy atom. The first-order chi connectivity index (χ1) is 11.4. The minimum Gasteiger partial charge on any atom is -0.478 e. The van der Waals surface area contributed by atoms with Crippen molar-refractivity contribution in [2.24, 2.45) is 7.05 Å². The Morgan fingerprint density at radius 1 is 1.33 bits per heavy atom. The van der Waals surface area contributed by atoms with Gasteiger partial charge in [0.1, 0.15) is 5.82 Å². The average Bonchev–Trinajstić information content (AvgIpc) is 2.94. The van der Waals surface area contributed by atoms with Crippen molar-refractivity contribution in [3.05, 3.63) is 53.7 Å². The van der Waals surface area contributed by atoms with E-state index in [0.29, 0.717) is 17.2 Å². The maximum absolute atomic E-state index is 13.9. The number of hydrogen-bond donors (Lipinski definition) is 2. The molecule has 0 saturated carbocycles. The zero-order valence-corrected chi connectivity index (χ0v) is 13.0. The summed E-state index contributed by atoms with van der Waals surface area (Å²) in [5.74, 6) is -1.77. The smallest absolute Gasteiger partial charge is 0.338 e. The van der Waals surface area contributed by atoms with Crippen LogP contribution in [-0.4, -0.2) is 30.8 Å². The van der Waals surface area contributed by atoms with Crippen LogP contribution in [-0.2, 0) is 7.05 Å². The first-order valence-corrected chi connectivity index (χ1v) is 7.06. The van der Waals surface area contributed by atoms with Gasteiger partial charge in [0.15, 0.2) is 0 Å². The lowest BCUT2D eigenvalue weighted by Crippen LogP contribution is -2.02. The minimum atomic E-state index is -1.31. The number of benzene rings is 1. The summed E-state index contributed by atoms with van der Waals surface area (Å²) in [7, 11) is 1.79. The standard InChI is InChI=1S/C16H14FN5O2/c1-9-6-18-16(20-11-7-19-22(2)8-11)21-14(9)10-3-4-12(15(23)24)13(17)5-10/h3-8H,1-2H3,(H,23,24)(H,18,20,21). The van der Waals surface area contributed by atoms with Crippen LogP contribution < -0.4 is 5.32 Å². The fraction of sp³-hybridized carbons (Fsp3) is 0.125. The Kier molecular flexibility index (Phi) is 3.95. The molecule has 0 bridgehead atoms. The van der Waals surface area contributed by atoms with Gasteiger partial charge < -0.3 is 10.4 Å². The number of aromatic carboxylic acids is 1. The van der Waals surface area contributed by atoms with Gasteiger partial charge in [-0.1, -0.05) is 6.07 Å². The first kappa shape index (κ1) is 15.6. The van der Waals surface area contributed by atoms with Crippen molar-refractivity contribution in [3.63, 3.8) is 0 Å². The monoisotopic (exact) mass is 327 g/mol. The zero-order valence-electron chi connectivity index (χ0n) is 13.0. The van der Waals surface area contributed by atoms with Gasteiger partial charge in [0.2, 0.25) is 5.95 Å². The average molecular weight is 327 g/mol. The van der Waals surface area contributed by atoms with Crippen LogP contribution in [0.2, 0.25) is 0 Å². The van der Waals surface area contributed by atoms with E-state index < -0.39 is 11.8 Å². The van der Waals surface area contributed by atoms with Gasteiger partial charge in [-0.15, -0.1) is 0 Å².